The summed E-state index contributed by atoms with van der Waals surface area (Å²) in [4.78, 5) is 16.3. The Kier molecular flexibility index (Phi) is 8.24. The van der Waals surface area contributed by atoms with Crippen LogP contribution in [0.15, 0.2) is 66.5 Å². The van der Waals surface area contributed by atoms with Crippen molar-refractivity contribution in [2.24, 2.45) is 5.92 Å². The Balaban J connectivity index is 0.000000421. The van der Waals surface area contributed by atoms with Crippen LogP contribution in [-0.4, -0.2) is 39.5 Å². The number of nitrogens with zero attached hydrogens (tertiary/aromatic N) is 4. The van der Waals surface area contributed by atoms with Gasteiger partial charge in [-0.15, -0.1) is 0 Å². The van der Waals surface area contributed by atoms with Gasteiger partial charge in [0, 0.05) is 48.2 Å². The predicted octanol–water partition coefficient (Wildman–Crippen LogP) is 6.98. The van der Waals surface area contributed by atoms with E-state index in [4.69, 9.17) is 9.97 Å². The second kappa shape index (κ2) is 11.5. The number of pyridine rings is 1. The lowest BCUT2D eigenvalue weighted by Crippen LogP contribution is -2.43. The average molecular weight is 474 g/mol. The molecule has 0 spiro atoms. The molecule has 2 aliphatic rings. The first-order valence-electron chi connectivity index (χ1n) is 12.6. The number of hydrogen-bond acceptors (Lipinski definition) is 5. The summed E-state index contributed by atoms with van der Waals surface area (Å²) in [5.74, 6) is 2.00. The number of rotatable bonds is 4. The van der Waals surface area contributed by atoms with Gasteiger partial charge in [-0.1, -0.05) is 24.6 Å². The fraction of sp³-hybridized carbons (Fsp3) is 0.414. The molecule has 0 radical (unpaired) electrons. The summed E-state index contributed by atoms with van der Waals surface area (Å²) < 4.78 is 13.6. The third kappa shape index (κ3) is 6.51. The predicted molar refractivity (Wildman–Crippen MR) is 141 cm³/mol. The van der Waals surface area contributed by atoms with E-state index in [1.54, 1.807) is 24.0 Å². The van der Waals surface area contributed by atoms with Gasteiger partial charge in [-0.25, -0.2) is 14.4 Å². The number of halogens is 1. The van der Waals surface area contributed by atoms with Crippen molar-refractivity contribution in [3.05, 3.63) is 78.1 Å². The number of aromatic nitrogens is 3. The first kappa shape index (κ1) is 25.0. The molecule has 1 aliphatic heterocycles. The molecule has 3 heterocycles. The third-order valence-corrected chi connectivity index (χ3v) is 7.25. The lowest BCUT2D eigenvalue weighted by atomic mass is 9.85. The molecular formula is C29H36FN5. The summed E-state index contributed by atoms with van der Waals surface area (Å²) in [5, 5.41) is 3.24. The summed E-state index contributed by atoms with van der Waals surface area (Å²) in [6.45, 7) is 7.59. The van der Waals surface area contributed by atoms with Crippen molar-refractivity contribution < 1.29 is 4.39 Å². The zero-order chi connectivity index (χ0) is 24.8. The van der Waals surface area contributed by atoms with Crippen LogP contribution in [0.25, 0.3) is 11.3 Å². The summed E-state index contributed by atoms with van der Waals surface area (Å²) in [6.07, 6.45) is 11.0. The van der Waals surface area contributed by atoms with Crippen molar-refractivity contribution in [3.63, 3.8) is 0 Å². The zero-order valence-electron chi connectivity index (χ0n) is 21.2. The summed E-state index contributed by atoms with van der Waals surface area (Å²) in [7, 11) is 2.16. The van der Waals surface area contributed by atoms with Gasteiger partial charge in [0.05, 0.1) is 5.69 Å². The highest BCUT2D eigenvalue weighted by atomic mass is 19.1. The fourth-order valence-electron chi connectivity index (χ4n) is 4.61. The number of benzene rings is 1. The van der Waals surface area contributed by atoms with Gasteiger partial charge >= 0.3 is 0 Å². The number of likely N-dealkylation sites (tertiary alicyclic amines) is 1. The minimum absolute atomic E-state index is 0.246. The molecule has 1 N–H and O–H groups in total. The van der Waals surface area contributed by atoms with Gasteiger partial charge in [-0.05, 0) is 82.8 Å². The molecular weight excluding hydrogens is 437 g/mol. The van der Waals surface area contributed by atoms with E-state index in [2.05, 4.69) is 49.1 Å². The van der Waals surface area contributed by atoms with Crippen molar-refractivity contribution in [1.82, 2.24) is 19.9 Å². The number of allylic oxidation sites excluding steroid dienone is 2. The maximum atomic E-state index is 13.6. The fourth-order valence-corrected chi connectivity index (χ4v) is 4.61. The molecule has 3 atom stereocenters. The zero-order valence-corrected chi connectivity index (χ0v) is 21.2. The highest BCUT2D eigenvalue weighted by molar-refractivity contribution is 5.65. The molecule has 1 saturated heterocycles. The highest BCUT2D eigenvalue weighted by Gasteiger charge is 2.31. The first-order valence-corrected chi connectivity index (χ1v) is 12.6. The topological polar surface area (TPSA) is 53.9 Å². The Hall–Kier alpha value is -3.12. The van der Waals surface area contributed by atoms with E-state index < -0.39 is 0 Å². The molecule has 1 saturated carbocycles. The smallest absolute Gasteiger partial charge is 0.135 e. The normalized spacial score (nSPS) is 22.0. The second-order valence-corrected chi connectivity index (χ2v) is 9.76. The van der Waals surface area contributed by atoms with Gasteiger partial charge in [0.2, 0.25) is 0 Å². The van der Waals surface area contributed by atoms with Crippen LogP contribution in [0.4, 0.5) is 15.9 Å². The molecule has 3 aromatic rings. The van der Waals surface area contributed by atoms with Crippen molar-refractivity contribution in [1.29, 1.82) is 0 Å². The van der Waals surface area contributed by atoms with Gasteiger partial charge in [0.15, 0.2) is 0 Å². The molecule has 3 unspecified atom stereocenters. The van der Waals surface area contributed by atoms with Gasteiger partial charge in [-0.3, -0.25) is 4.98 Å². The van der Waals surface area contributed by atoms with Gasteiger partial charge < -0.3 is 10.2 Å². The van der Waals surface area contributed by atoms with Gasteiger partial charge in [-0.2, -0.15) is 0 Å². The Bertz CT molecular complexity index is 1130. The Morgan fingerprint density at radius 1 is 1.09 bits per heavy atom. The maximum Gasteiger partial charge on any atom is 0.135 e. The number of likely N-dealkylation sites (N-methyl/N-ethyl adjacent to an activating group) is 1. The number of nitrogens with one attached hydrogen (secondary N) is 1. The van der Waals surface area contributed by atoms with Crippen molar-refractivity contribution in [2.75, 3.05) is 18.9 Å². The average Bonchev–Trinajstić information content (AvgIpc) is 2.82. The minimum atomic E-state index is -0.284. The second-order valence-electron chi connectivity index (χ2n) is 9.76. The summed E-state index contributed by atoms with van der Waals surface area (Å²) in [6, 6.07) is 12.7. The summed E-state index contributed by atoms with van der Waals surface area (Å²) >= 11 is 0. The largest absolute Gasteiger partial charge is 0.340 e. The molecule has 0 bridgehead atoms. The van der Waals surface area contributed by atoms with E-state index >= 15 is 0 Å². The molecule has 6 heteroatoms. The Morgan fingerprint density at radius 2 is 1.91 bits per heavy atom. The van der Waals surface area contributed by atoms with Crippen LogP contribution >= 0.6 is 0 Å². The SMILES string of the molecule is CC1CC(c2nc(Nc3cccc(F)c3)cc(-c3cccnc3)n2)CN(C)C1C.CC=C1CCC1. The van der Waals surface area contributed by atoms with Gasteiger partial charge in [0.25, 0.3) is 0 Å². The molecule has 2 aromatic heterocycles. The van der Waals surface area contributed by atoms with Crippen LogP contribution < -0.4 is 5.32 Å². The van der Waals surface area contributed by atoms with Crippen LogP contribution in [0.1, 0.15) is 58.2 Å². The van der Waals surface area contributed by atoms with E-state index in [1.165, 1.54) is 31.4 Å². The molecule has 0 amide bonds. The lowest BCUT2D eigenvalue weighted by molar-refractivity contribution is 0.124. The van der Waals surface area contributed by atoms with E-state index in [-0.39, 0.29) is 11.7 Å². The molecule has 35 heavy (non-hydrogen) atoms. The van der Waals surface area contributed by atoms with Crippen LogP contribution in [0, 0.1) is 11.7 Å². The highest BCUT2D eigenvalue weighted by Crippen LogP contribution is 2.33. The van der Waals surface area contributed by atoms with Crippen LogP contribution in [0.2, 0.25) is 0 Å². The summed E-state index contributed by atoms with van der Waals surface area (Å²) in [5.41, 5.74) is 4.06. The molecule has 2 fully saturated rings. The number of hydrogen-bond donors (Lipinski definition) is 1. The first-order chi connectivity index (χ1) is 16.9. The van der Waals surface area contributed by atoms with Crippen LogP contribution in [-0.2, 0) is 0 Å². The minimum Gasteiger partial charge on any atom is -0.340 e. The van der Waals surface area contributed by atoms with Crippen molar-refractivity contribution in [3.8, 4) is 11.3 Å². The quantitative estimate of drug-likeness (QED) is 0.414. The standard InChI is InChI=1S/C23H26FN5.C6H10/c1-15-10-18(14-29(3)16(15)2)23-27-21(17-6-5-9-25-13-17)12-22(28-23)26-20-8-4-7-19(24)11-20;1-2-6-4-3-5-6/h4-9,11-13,15-16,18H,10,14H2,1-3H3,(H,26,27,28);2H,3-5H2,1H3. The molecule has 5 nitrogen and oxygen atoms in total. The lowest BCUT2D eigenvalue weighted by Gasteiger charge is -2.39. The third-order valence-electron chi connectivity index (χ3n) is 7.25. The Labute approximate surface area is 208 Å². The van der Waals surface area contributed by atoms with E-state index in [9.17, 15) is 4.39 Å². The molecule has 1 aromatic carbocycles. The van der Waals surface area contributed by atoms with Crippen LogP contribution in [0.5, 0.6) is 0 Å². The van der Waals surface area contributed by atoms with Gasteiger partial charge in [0.1, 0.15) is 17.5 Å². The van der Waals surface area contributed by atoms with Crippen molar-refractivity contribution in [2.45, 2.75) is 58.4 Å². The number of piperidine rings is 1. The molecule has 1 aliphatic carbocycles. The number of anilines is 2. The monoisotopic (exact) mass is 473 g/mol. The Morgan fingerprint density at radius 3 is 2.51 bits per heavy atom. The molecule has 5 rings (SSSR count). The van der Waals surface area contributed by atoms with Crippen molar-refractivity contribution >= 4 is 11.5 Å². The van der Waals surface area contributed by atoms with E-state index in [0.717, 1.165) is 30.0 Å². The molecule has 184 valence electrons. The van der Waals surface area contributed by atoms with Crippen LogP contribution in [0.3, 0.4) is 0 Å². The van der Waals surface area contributed by atoms with E-state index in [0.29, 0.717) is 23.5 Å². The van der Waals surface area contributed by atoms with E-state index in [1.807, 2.05) is 24.3 Å². The maximum absolute atomic E-state index is 13.6.